The number of carbonyl (C=O) groups is 1. The second-order valence-electron chi connectivity index (χ2n) is 4.01. The summed E-state index contributed by atoms with van der Waals surface area (Å²) >= 11 is 0. The number of ether oxygens (including phenoxy) is 1. The lowest BCUT2D eigenvalue weighted by atomic mass is 10.2. The molecular weight excluding hydrogens is 287 g/mol. The maximum Gasteiger partial charge on any atom is 0.573 e. The Labute approximate surface area is 117 Å². The van der Waals surface area contributed by atoms with Gasteiger partial charge in [0.2, 0.25) is 0 Å². The number of aromatic nitrogens is 2. The standard InChI is InChI=1S/C13H10F3N3O2/c14-13(15,16)21-11-3-1-2-9(6-11)7-17-12-5-4-10(8-20)18-19-12/h1-6,8H,7H2,(H,17,19). The lowest BCUT2D eigenvalue weighted by molar-refractivity contribution is -0.274. The first-order valence-corrected chi connectivity index (χ1v) is 5.84. The lowest BCUT2D eigenvalue weighted by Crippen LogP contribution is -2.17. The van der Waals surface area contributed by atoms with E-state index in [4.69, 9.17) is 0 Å². The average molecular weight is 297 g/mol. The predicted molar refractivity (Wildman–Crippen MR) is 67.9 cm³/mol. The first kappa shape index (κ1) is 14.8. The van der Waals surface area contributed by atoms with E-state index < -0.39 is 6.36 Å². The molecule has 0 spiro atoms. The lowest BCUT2D eigenvalue weighted by Gasteiger charge is -2.10. The predicted octanol–water partition coefficient (Wildman–Crippen LogP) is 2.80. The van der Waals surface area contributed by atoms with Crippen LogP contribution in [0.15, 0.2) is 36.4 Å². The van der Waals surface area contributed by atoms with Gasteiger partial charge in [0.05, 0.1) is 0 Å². The van der Waals surface area contributed by atoms with E-state index in [1.54, 1.807) is 12.1 Å². The SMILES string of the molecule is O=Cc1ccc(NCc2cccc(OC(F)(F)F)c2)nn1. The molecule has 0 aliphatic carbocycles. The number of rotatable bonds is 5. The zero-order valence-electron chi connectivity index (χ0n) is 10.6. The van der Waals surface area contributed by atoms with Gasteiger partial charge in [-0.3, -0.25) is 4.79 Å². The van der Waals surface area contributed by atoms with Crippen molar-refractivity contribution in [3.63, 3.8) is 0 Å². The van der Waals surface area contributed by atoms with Gasteiger partial charge in [0.1, 0.15) is 17.3 Å². The number of anilines is 1. The molecule has 0 bridgehead atoms. The van der Waals surface area contributed by atoms with Crippen LogP contribution in [0.4, 0.5) is 19.0 Å². The number of hydrogen-bond donors (Lipinski definition) is 1. The van der Waals surface area contributed by atoms with E-state index in [-0.39, 0.29) is 18.0 Å². The third-order valence-corrected chi connectivity index (χ3v) is 2.41. The molecule has 0 saturated heterocycles. The van der Waals surface area contributed by atoms with Crippen LogP contribution in [0.5, 0.6) is 5.75 Å². The zero-order chi connectivity index (χ0) is 15.3. The van der Waals surface area contributed by atoms with Crippen LogP contribution in [0, 0.1) is 0 Å². The van der Waals surface area contributed by atoms with Crippen LogP contribution < -0.4 is 10.1 Å². The van der Waals surface area contributed by atoms with Gasteiger partial charge in [0.15, 0.2) is 6.29 Å². The van der Waals surface area contributed by atoms with E-state index in [9.17, 15) is 18.0 Å². The molecule has 1 heterocycles. The molecule has 1 aromatic heterocycles. The van der Waals surface area contributed by atoms with Crippen molar-refractivity contribution in [2.24, 2.45) is 0 Å². The highest BCUT2D eigenvalue weighted by Crippen LogP contribution is 2.23. The van der Waals surface area contributed by atoms with Crippen LogP contribution in [-0.4, -0.2) is 22.8 Å². The van der Waals surface area contributed by atoms with Crippen LogP contribution in [0.25, 0.3) is 0 Å². The molecule has 2 aromatic rings. The van der Waals surface area contributed by atoms with Gasteiger partial charge in [0, 0.05) is 6.54 Å². The minimum atomic E-state index is -4.72. The average Bonchev–Trinajstić information content (AvgIpc) is 2.44. The van der Waals surface area contributed by atoms with Crippen molar-refractivity contribution >= 4 is 12.1 Å². The van der Waals surface area contributed by atoms with Crippen LogP contribution in [-0.2, 0) is 6.54 Å². The van der Waals surface area contributed by atoms with E-state index >= 15 is 0 Å². The fraction of sp³-hybridized carbons (Fsp3) is 0.154. The Morgan fingerprint density at radius 1 is 1.19 bits per heavy atom. The highest BCUT2D eigenvalue weighted by molar-refractivity contribution is 5.71. The summed E-state index contributed by atoms with van der Waals surface area (Å²) in [5.41, 5.74) is 0.777. The minimum absolute atomic E-state index is 0.195. The number of aldehydes is 1. The molecule has 0 saturated carbocycles. The van der Waals surface area contributed by atoms with Gasteiger partial charge in [-0.25, -0.2) is 0 Å². The summed E-state index contributed by atoms with van der Waals surface area (Å²) in [7, 11) is 0. The number of alkyl halides is 3. The summed E-state index contributed by atoms with van der Waals surface area (Å²) in [6.45, 7) is 0.240. The van der Waals surface area contributed by atoms with Gasteiger partial charge in [0.25, 0.3) is 0 Å². The van der Waals surface area contributed by atoms with Gasteiger partial charge in [-0.05, 0) is 29.8 Å². The largest absolute Gasteiger partial charge is 0.573 e. The second kappa shape index (κ2) is 6.21. The Morgan fingerprint density at radius 2 is 2.00 bits per heavy atom. The van der Waals surface area contributed by atoms with Crippen molar-refractivity contribution in [2.75, 3.05) is 5.32 Å². The van der Waals surface area contributed by atoms with Crippen LogP contribution >= 0.6 is 0 Å². The van der Waals surface area contributed by atoms with Gasteiger partial charge in [-0.1, -0.05) is 12.1 Å². The van der Waals surface area contributed by atoms with Gasteiger partial charge in [-0.15, -0.1) is 23.4 Å². The van der Waals surface area contributed by atoms with E-state index in [1.807, 2.05) is 0 Å². The Bertz CT molecular complexity index is 615. The van der Waals surface area contributed by atoms with Crippen molar-refractivity contribution in [3.8, 4) is 5.75 Å². The molecule has 1 N–H and O–H groups in total. The third-order valence-electron chi connectivity index (χ3n) is 2.41. The number of nitrogens with one attached hydrogen (secondary N) is 1. The maximum absolute atomic E-state index is 12.1. The number of carbonyl (C=O) groups excluding carboxylic acids is 1. The van der Waals surface area contributed by atoms with E-state index in [0.29, 0.717) is 17.7 Å². The third kappa shape index (κ3) is 4.75. The molecule has 0 amide bonds. The zero-order valence-corrected chi connectivity index (χ0v) is 10.6. The number of benzene rings is 1. The molecule has 0 fully saturated rings. The molecule has 0 aliphatic rings. The highest BCUT2D eigenvalue weighted by Gasteiger charge is 2.31. The molecule has 0 unspecified atom stereocenters. The van der Waals surface area contributed by atoms with Crippen molar-refractivity contribution in [2.45, 2.75) is 12.9 Å². The quantitative estimate of drug-likeness (QED) is 0.860. The molecule has 1 aromatic carbocycles. The molecule has 21 heavy (non-hydrogen) atoms. The van der Waals surface area contributed by atoms with Gasteiger partial charge < -0.3 is 10.1 Å². The number of hydrogen-bond acceptors (Lipinski definition) is 5. The number of nitrogens with zero attached hydrogens (tertiary/aromatic N) is 2. The van der Waals surface area contributed by atoms with Crippen molar-refractivity contribution in [3.05, 3.63) is 47.7 Å². The summed E-state index contributed by atoms with van der Waals surface area (Å²) in [4.78, 5) is 10.4. The van der Waals surface area contributed by atoms with E-state index in [2.05, 4.69) is 20.3 Å². The molecule has 0 radical (unpaired) electrons. The smallest absolute Gasteiger partial charge is 0.406 e. The van der Waals surface area contributed by atoms with Crippen LogP contribution in [0.2, 0.25) is 0 Å². The molecule has 8 heteroatoms. The van der Waals surface area contributed by atoms with Crippen LogP contribution in [0.1, 0.15) is 16.1 Å². The normalized spacial score (nSPS) is 11.0. The van der Waals surface area contributed by atoms with Gasteiger partial charge in [-0.2, -0.15) is 0 Å². The van der Waals surface area contributed by atoms with Crippen LogP contribution in [0.3, 0.4) is 0 Å². The Hall–Kier alpha value is -2.64. The molecular formula is C13H10F3N3O2. The van der Waals surface area contributed by atoms with E-state index in [0.717, 1.165) is 0 Å². The second-order valence-corrected chi connectivity index (χ2v) is 4.01. The van der Waals surface area contributed by atoms with Crippen molar-refractivity contribution in [1.82, 2.24) is 10.2 Å². The first-order valence-electron chi connectivity index (χ1n) is 5.84. The molecule has 0 atom stereocenters. The first-order chi connectivity index (χ1) is 9.96. The van der Waals surface area contributed by atoms with Crippen molar-refractivity contribution < 1.29 is 22.7 Å². The molecule has 110 valence electrons. The Balaban J connectivity index is 1.99. The summed E-state index contributed by atoms with van der Waals surface area (Å²) in [6.07, 6.45) is -4.16. The molecule has 5 nitrogen and oxygen atoms in total. The summed E-state index contributed by atoms with van der Waals surface area (Å²) in [5.74, 6) is 0.118. The van der Waals surface area contributed by atoms with E-state index in [1.165, 1.54) is 24.3 Å². The maximum atomic E-state index is 12.1. The van der Waals surface area contributed by atoms with Gasteiger partial charge >= 0.3 is 6.36 Å². The Kier molecular flexibility index (Phi) is 4.36. The Morgan fingerprint density at radius 3 is 2.62 bits per heavy atom. The minimum Gasteiger partial charge on any atom is -0.406 e. The fourth-order valence-corrected chi connectivity index (χ4v) is 1.54. The topological polar surface area (TPSA) is 64.1 Å². The highest BCUT2D eigenvalue weighted by atomic mass is 19.4. The molecule has 0 aliphatic heterocycles. The monoisotopic (exact) mass is 297 g/mol. The van der Waals surface area contributed by atoms with Crippen molar-refractivity contribution in [1.29, 1.82) is 0 Å². The summed E-state index contributed by atoms with van der Waals surface area (Å²) in [5, 5.41) is 10.2. The summed E-state index contributed by atoms with van der Waals surface area (Å²) < 4.78 is 40.2. The summed E-state index contributed by atoms with van der Waals surface area (Å²) in [6, 6.07) is 8.62. The number of halogens is 3. The fourth-order valence-electron chi connectivity index (χ4n) is 1.54. The molecule has 2 rings (SSSR count).